The van der Waals surface area contributed by atoms with E-state index in [0.29, 0.717) is 6.07 Å². The SMILES string of the molecule is N#C/C(=C\c1cccc(C(F)(F)F)c1)C(=O)Nc1ccccc1C(F)(F)F. The lowest BCUT2D eigenvalue weighted by molar-refractivity contribution is -0.138. The van der Waals surface area contributed by atoms with Crippen molar-refractivity contribution < 1.29 is 31.1 Å². The second-order valence-corrected chi connectivity index (χ2v) is 5.29. The van der Waals surface area contributed by atoms with E-state index in [1.54, 1.807) is 0 Å². The topological polar surface area (TPSA) is 52.9 Å². The highest BCUT2D eigenvalue weighted by Gasteiger charge is 2.34. The van der Waals surface area contributed by atoms with Crippen molar-refractivity contribution in [2.24, 2.45) is 0 Å². The van der Waals surface area contributed by atoms with E-state index in [4.69, 9.17) is 5.26 Å². The third-order valence-corrected chi connectivity index (χ3v) is 3.37. The van der Waals surface area contributed by atoms with E-state index in [0.717, 1.165) is 36.4 Å². The van der Waals surface area contributed by atoms with Gasteiger partial charge in [0, 0.05) is 0 Å². The number of hydrogen-bond donors (Lipinski definition) is 1. The van der Waals surface area contributed by atoms with Crippen LogP contribution in [-0.4, -0.2) is 5.91 Å². The molecule has 0 aromatic heterocycles. The summed E-state index contributed by atoms with van der Waals surface area (Å²) in [5.74, 6) is -1.17. The van der Waals surface area contributed by atoms with Gasteiger partial charge >= 0.3 is 12.4 Å². The Bertz CT molecular complexity index is 922. The Balaban J connectivity index is 2.33. The first kappa shape index (κ1) is 20.0. The van der Waals surface area contributed by atoms with Gasteiger partial charge in [-0.3, -0.25) is 4.79 Å². The van der Waals surface area contributed by atoms with Gasteiger partial charge in [0.25, 0.3) is 5.91 Å². The monoisotopic (exact) mass is 384 g/mol. The number of anilines is 1. The number of benzene rings is 2. The molecule has 1 N–H and O–H groups in total. The van der Waals surface area contributed by atoms with Crippen molar-refractivity contribution in [1.29, 1.82) is 5.26 Å². The number of alkyl halides is 6. The van der Waals surface area contributed by atoms with Crippen LogP contribution in [0.5, 0.6) is 0 Å². The first-order valence-electron chi connectivity index (χ1n) is 7.29. The number of hydrogen-bond acceptors (Lipinski definition) is 2. The molecule has 2 rings (SSSR count). The molecule has 3 nitrogen and oxygen atoms in total. The fourth-order valence-corrected chi connectivity index (χ4v) is 2.15. The molecule has 0 aliphatic carbocycles. The normalized spacial score (nSPS) is 12.4. The lowest BCUT2D eigenvalue weighted by Crippen LogP contribution is -2.17. The highest BCUT2D eigenvalue weighted by Crippen LogP contribution is 2.35. The van der Waals surface area contributed by atoms with Crippen molar-refractivity contribution >= 4 is 17.7 Å². The van der Waals surface area contributed by atoms with E-state index in [1.165, 1.54) is 18.2 Å². The number of para-hydroxylation sites is 1. The molecule has 0 aliphatic heterocycles. The van der Waals surface area contributed by atoms with Gasteiger partial charge in [-0.1, -0.05) is 24.3 Å². The minimum absolute atomic E-state index is 0.0966. The minimum Gasteiger partial charge on any atom is -0.321 e. The Kier molecular flexibility index (Phi) is 5.59. The first-order chi connectivity index (χ1) is 12.5. The van der Waals surface area contributed by atoms with Gasteiger partial charge in [0.05, 0.1) is 16.8 Å². The summed E-state index contributed by atoms with van der Waals surface area (Å²) < 4.78 is 77.0. The van der Waals surface area contributed by atoms with Crippen molar-refractivity contribution in [1.82, 2.24) is 0 Å². The Labute approximate surface area is 149 Å². The summed E-state index contributed by atoms with van der Waals surface area (Å²) in [6, 6.07) is 9.44. The Hall–Kier alpha value is -3.28. The third kappa shape index (κ3) is 5.10. The number of halogens is 6. The first-order valence-corrected chi connectivity index (χ1v) is 7.29. The second-order valence-electron chi connectivity index (χ2n) is 5.29. The van der Waals surface area contributed by atoms with E-state index in [2.05, 4.69) is 0 Å². The number of amides is 1. The summed E-state index contributed by atoms with van der Waals surface area (Å²) >= 11 is 0. The molecule has 27 heavy (non-hydrogen) atoms. The smallest absolute Gasteiger partial charge is 0.321 e. The maximum absolute atomic E-state index is 12.9. The Morgan fingerprint density at radius 1 is 0.963 bits per heavy atom. The summed E-state index contributed by atoms with van der Waals surface area (Å²) in [4.78, 5) is 12.1. The van der Waals surface area contributed by atoms with Crippen molar-refractivity contribution in [3.63, 3.8) is 0 Å². The molecular formula is C18H10F6N2O. The highest BCUT2D eigenvalue weighted by molar-refractivity contribution is 6.10. The molecule has 9 heteroatoms. The van der Waals surface area contributed by atoms with Crippen LogP contribution in [0.1, 0.15) is 16.7 Å². The van der Waals surface area contributed by atoms with E-state index in [9.17, 15) is 31.1 Å². The molecule has 0 heterocycles. The zero-order chi connectivity index (χ0) is 20.2. The summed E-state index contributed by atoms with van der Waals surface area (Å²) in [6.07, 6.45) is -8.49. The van der Waals surface area contributed by atoms with Crippen LogP contribution in [0.25, 0.3) is 6.08 Å². The molecule has 0 saturated heterocycles. The van der Waals surface area contributed by atoms with Gasteiger partial charge in [0.1, 0.15) is 11.6 Å². The molecule has 140 valence electrons. The van der Waals surface area contributed by atoms with Crippen LogP contribution in [0, 0.1) is 11.3 Å². The number of rotatable bonds is 3. The molecule has 0 aliphatic rings. The van der Waals surface area contributed by atoms with Gasteiger partial charge < -0.3 is 5.32 Å². The van der Waals surface area contributed by atoms with Gasteiger partial charge in [0.15, 0.2) is 0 Å². The fraction of sp³-hybridized carbons (Fsp3) is 0.111. The maximum atomic E-state index is 12.9. The quantitative estimate of drug-likeness (QED) is 0.445. The number of nitriles is 1. The second kappa shape index (κ2) is 7.53. The molecule has 1 amide bonds. The molecule has 0 atom stereocenters. The number of nitrogens with zero attached hydrogens (tertiary/aromatic N) is 1. The largest absolute Gasteiger partial charge is 0.418 e. The van der Waals surface area contributed by atoms with Crippen LogP contribution in [0.4, 0.5) is 32.0 Å². The summed E-state index contributed by atoms with van der Waals surface area (Å²) in [7, 11) is 0. The molecule has 0 fully saturated rings. The predicted octanol–water partition coefficient (Wildman–Crippen LogP) is 5.27. The third-order valence-electron chi connectivity index (χ3n) is 3.37. The van der Waals surface area contributed by atoms with Crippen molar-refractivity contribution in [2.75, 3.05) is 5.32 Å². The van der Waals surface area contributed by atoms with Gasteiger partial charge in [-0.2, -0.15) is 31.6 Å². The standard InChI is InChI=1S/C18H10F6N2O/c19-17(20,21)13-5-3-4-11(9-13)8-12(10-25)16(27)26-15-7-2-1-6-14(15)18(22,23)24/h1-9H,(H,26,27)/b12-8+. The minimum atomic E-state index is -4.73. The van der Waals surface area contributed by atoms with Gasteiger partial charge in [0.2, 0.25) is 0 Å². The summed E-state index contributed by atoms with van der Waals surface area (Å²) in [6.45, 7) is 0. The van der Waals surface area contributed by atoms with Gasteiger partial charge in [-0.25, -0.2) is 0 Å². The van der Waals surface area contributed by atoms with Crippen molar-refractivity contribution in [3.05, 3.63) is 70.8 Å². The lowest BCUT2D eigenvalue weighted by Gasteiger charge is -2.13. The van der Waals surface area contributed by atoms with E-state index >= 15 is 0 Å². The van der Waals surface area contributed by atoms with Gasteiger partial charge in [-0.05, 0) is 35.9 Å². The molecule has 2 aromatic carbocycles. The molecule has 0 spiro atoms. The zero-order valence-electron chi connectivity index (χ0n) is 13.3. The number of nitrogens with one attached hydrogen (secondary N) is 1. The van der Waals surface area contributed by atoms with Crippen molar-refractivity contribution in [3.8, 4) is 6.07 Å². The van der Waals surface area contributed by atoms with Crippen molar-refractivity contribution in [2.45, 2.75) is 12.4 Å². The molecule has 0 saturated carbocycles. The number of carbonyl (C=O) groups is 1. The van der Waals surface area contributed by atoms with Gasteiger partial charge in [-0.15, -0.1) is 0 Å². The van der Waals surface area contributed by atoms with Crippen LogP contribution in [0.3, 0.4) is 0 Å². The predicted molar refractivity (Wildman–Crippen MR) is 85.1 cm³/mol. The van der Waals surface area contributed by atoms with Crippen LogP contribution in [-0.2, 0) is 17.1 Å². The van der Waals surface area contributed by atoms with E-state index in [-0.39, 0.29) is 5.56 Å². The van der Waals surface area contributed by atoms with Crippen LogP contribution >= 0.6 is 0 Å². The maximum Gasteiger partial charge on any atom is 0.418 e. The van der Waals surface area contributed by atoms with Crippen LogP contribution < -0.4 is 5.32 Å². The lowest BCUT2D eigenvalue weighted by atomic mass is 10.1. The zero-order valence-corrected chi connectivity index (χ0v) is 13.3. The molecule has 0 radical (unpaired) electrons. The number of carbonyl (C=O) groups excluding carboxylic acids is 1. The highest BCUT2D eigenvalue weighted by atomic mass is 19.4. The summed E-state index contributed by atoms with van der Waals surface area (Å²) in [5, 5.41) is 11.0. The molecule has 0 bridgehead atoms. The Morgan fingerprint density at radius 2 is 1.63 bits per heavy atom. The summed E-state index contributed by atoms with van der Waals surface area (Å²) in [5.41, 5.74) is -3.42. The average Bonchev–Trinajstić information content (AvgIpc) is 2.58. The van der Waals surface area contributed by atoms with Crippen LogP contribution in [0.2, 0.25) is 0 Å². The molecule has 2 aromatic rings. The average molecular weight is 384 g/mol. The molecule has 0 unspecified atom stereocenters. The van der Waals surface area contributed by atoms with Crippen LogP contribution in [0.15, 0.2) is 54.1 Å². The van der Waals surface area contributed by atoms with E-state index in [1.807, 2.05) is 5.32 Å². The fourth-order valence-electron chi connectivity index (χ4n) is 2.15. The van der Waals surface area contributed by atoms with E-state index < -0.39 is 40.6 Å². The molecular weight excluding hydrogens is 374 g/mol. The Morgan fingerprint density at radius 3 is 2.22 bits per heavy atom.